The minimum atomic E-state index is -3.80. The van der Waals surface area contributed by atoms with Crippen LogP contribution in [0.5, 0.6) is 0 Å². The van der Waals surface area contributed by atoms with Crippen molar-refractivity contribution in [2.75, 3.05) is 0 Å². The number of nitrogens with zero attached hydrogens (tertiary/aromatic N) is 2. The van der Waals surface area contributed by atoms with Gasteiger partial charge in [-0.2, -0.15) is 10.2 Å². The molecule has 0 fully saturated rings. The Balaban J connectivity index is 2.18. The van der Waals surface area contributed by atoms with Crippen molar-refractivity contribution in [3.05, 3.63) is 53.6 Å². The predicted octanol–water partition coefficient (Wildman–Crippen LogP) is 0.586. The monoisotopic (exact) mass is 297 g/mol. The van der Waals surface area contributed by atoms with Crippen molar-refractivity contribution in [1.82, 2.24) is 14.9 Å². The molecular formula is C12H12FN3O3S. The third kappa shape index (κ3) is 3.35. The van der Waals surface area contributed by atoms with Gasteiger partial charge in [-0.3, -0.25) is 0 Å². The van der Waals surface area contributed by atoms with Crippen LogP contribution in [0.3, 0.4) is 0 Å². The molecule has 8 heteroatoms. The molecule has 1 aromatic carbocycles. The number of hydrogen-bond donors (Lipinski definition) is 2. The van der Waals surface area contributed by atoms with E-state index in [1.807, 2.05) is 0 Å². The molecule has 2 N–H and O–H groups in total. The van der Waals surface area contributed by atoms with Crippen molar-refractivity contribution < 1.29 is 17.9 Å². The lowest BCUT2D eigenvalue weighted by atomic mass is 10.2. The van der Waals surface area contributed by atoms with Gasteiger partial charge in [0, 0.05) is 11.8 Å². The second-order valence-electron chi connectivity index (χ2n) is 3.95. The molecule has 0 saturated carbocycles. The SMILES string of the molecule is O=S(=O)(NCc1cccnn1)c1ccc(F)c(CO)c1. The van der Waals surface area contributed by atoms with Gasteiger partial charge in [0.15, 0.2) is 0 Å². The highest BCUT2D eigenvalue weighted by atomic mass is 32.2. The van der Waals surface area contributed by atoms with Crippen LogP contribution in [-0.2, 0) is 23.2 Å². The molecule has 2 rings (SSSR count). The van der Waals surface area contributed by atoms with Crippen molar-refractivity contribution >= 4 is 10.0 Å². The van der Waals surface area contributed by atoms with E-state index in [0.717, 1.165) is 18.2 Å². The van der Waals surface area contributed by atoms with Crippen molar-refractivity contribution in [2.45, 2.75) is 18.0 Å². The van der Waals surface area contributed by atoms with Crippen molar-refractivity contribution in [1.29, 1.82) is 0 Å². The molecule has 20 heavy (non-hydrogen) atoms. The van der Waals surface area contributed by atoms with Gasteiger partial charge in [-0.05, 0) is 30.3 Å². The van der Waals surface area contributed by atoms with Crippen LogP contribution in [0.1, 0.15) is 11.3 Å². The first-order chi connectivity index (χ1) is 9.53. The highest BCUT2D eigenvalue weighted by molar-refractivity contribution is 7.89. The lowest BCUT2D eigenvalue weighted by Crippen LogP contribution is -2.24. The summed E-state index contributed by atoms with van der Waals surface area (Å²) in [6, 6.07) is 6.49. The molecule has 0 bridgehead atoms. The van der Waals surface area contributed by atoms with Crippen molar-refractivity contribution in [3.63, 3.8) is 0 Å². The summed E-state index contributed by atoms with van der Waals surface area (Å²) >= 11 is 0. The Hall–Kier alpha value is -1.90. The molecule has 0 saturated heterocycles. The molecule has 1 heterocycles. The maximum atomic E-state index is 13.2. The number of halogens is 1. The Morgan fingerprint density at radius 3 is 2.75 bits per heavy atom. The van der Waals surface area contributed by atoms with Gasteiger partial charge in [0.05, 0.1) is 23.7 Å². The Kier molecular flexibility index (Phi) is 4.38. The number of nitrogens with one attached hydrogen (secondary N) is 1. The van der Waals surface area contributed by atoms with E-state index in [1.54, 1.807) is 12.1 Å². The van der Waals surface area contributed by atoms with Crippen LogP contribution >= 0.6 is 0 Å². The van der Waals surface area contributed by atoms with E-state index in [1.165, 1.54) is 6.20 Å². The van der Waals surface area contributed by atoms with Gasteiger partial charge in [0.1, 0.15) is 5.82 Å². The fourth-order valence-electron chi connectivity index (χ4n) is 1.52. The van der Waals surface area contributed by atoms with E-state index in [9.17, 15) is 12.8 Å². The third-order valence-corrected chi connectivity index (χ3v) is 3.97. The van der Waals surface area contributed by atoms with E-state index >= 15 is 0 Å². The summed E-state index contributed by atoms with van der Waals surface area (Å²) in [5, 5.41) is 16.3. The highest BCUT2D eigenvalue weighted by Gasteiger charge is 2.16. The number of aliphatic hydroxyl groups is 1. The van der Waals surface area contributed by atoms with Gasteiger partial charge in [-0.25, -0.2) is 17.5 Å². The minimum absolute atomic E-state index is 0.0258. The lowest BCUT2D eigenvalue weighted by molar-refractivity contribution is 0.275. The zero-order chi connectivity index (χ0) is 14.6. The average Bonchev–Trinajstić information content (AvgIpc) is 2.46. The fraction of sp³-hybridized carbons (Fsp3) is 0.167. The maximum Gasteiger partial charge on any atom is 0.240 e. The highest BCUT2D eigenvalue weighted by Crippen LogP contribution is 2.15. The van der Waals surface area contributed by atoms with Crippen molar-refractivity contribution in [2.24, 2.45) is 0 Å². The van der Waals surface area contributed by atoms with Gasteiger partial charge >= 0.3 is 0 Å². The molecule has 0 spiro atoms. The summed E-state index contributed by atoms with van der Waals surface area (Å²) < 4.78 is 39.6. The summed E-state index contributed by atoms with van der Waals surface area (Å²) in [6.45, 7) is -0.596. The van der Waals surface area contributed by atoms with Crippen LogP contribution in [0, 0.1) is 5.82 Å². The second kappa shape index (κ2) is 6.04. The number of hydrogen-bond acceptors (Lipinski definition) is 5. The van der Waals surface area contributed by atoms with Crippen molar-refractivity contribution in [3.8, 4) is 0 Å². The Morgan fingerprint density at radius 1 is 1.30 bits per heavy atom. The molecule has 0 aliphatic heterocycles. The molecule has 1 aromatic heterocycles. The number of aromatic nitrogens is 2. The summed E-state index contributed by atoms with van der Waals surface area (Å²) in [5.41, 5.74) is 0.382. The summed E-state index contributed by atoms with van der Waals surface area (Å²) in [7, 11) is -3.80. The van der Waals surface area contributed by atoms with E-state index in [-0.39, 0.29) is 17.0 Å². The van der Waals surface area contributed by atoms with Crippen LogP contribution in [-0.4, -0.2) is 23.7 Å². The summed E-state index contributed by atoms with van der Waals surface area (Å²) in [4.78, 5) is -0.119. The number of sulfonamides is 1. The van der Waals surface area contributed by atoms with Gasteiger partial charge in [-0.15, -0.1) is 0 Å². The molecule has 0 radical (unpaired) electrons. The zero-order valence-corrected chi connectivity index (χ0v) is 11.1. The Morgan fingerprint density at radius 2 is 2.10 bits per heavy atom. The smallest absolute Gasteiger partial charge is 0.240 e. The average molecular weight is 297 g/mol. The normalized spacial score (nSPS) is 11.5. The quantitative estimate of drug-likeness (QED) is 0.842. The molecule has 0 aliphatic rings. The first-order valence-corrected chi connectivity index (χ1v) is 7.17. The fourth-order valence-corrected chi connectivity index (χ4v) is 2.57. The van der Waals surface area contributed by atoms with Crippen LogP contribution in [0.2, 0.25) is 0 Å². The van der Waals surface area contributed by atoms with E-state index in [0.29, 0.717) is 5.69 Å². The van der Waals surface area contributed by atoms with E-state index in [2.05, 4.69) is 14.9 Å². The molecule has 0 atom stereocenters. The largest absolute Gasteiger partial charge is 0.392 e. The van der Waals surface area contributed by atoms with E-state index in [4.69, 9.17) is 5.11 Å². The van der Waals surface area contributed by atoms with Crippen LogP contribution in [0.15, 0.2) is 41.4 Å². The molecular weight excluding hydrogens is 285 g/mol. The number of benzene rings is 1. The topological polar surface area (TPSA) is 92.2 Å². The standard InChI is InChI=1S/C12H12FN3O3S/c13-12-4-3-11(6-9(12)8-17)20(18,19)15-7-10-2-1-5-14-16-10/h1-6,15,17H,7-8H2. The molecule has 106 valence electrons. The molecule has 0 aliphatic carbocycles. The zero-order valence-electron chi connectivity index (χ0n) is 10.3. The first kappa shape index (κ1) is 14.5. The molecule has 6 nitrogen and oxygen atoms in total. The minimum Gasteiger partial charge on any atom is -0.392 e. The van der Waals surface area contributed by atoms with Crippen LogP contribution in [0.4, 0.5) is 4.39 Å². The van der Waals surface area contributed by atoms with Gasteiger partial charge < -0.3 is 5.11 Å². The molecule has 2 aromatic rings. The van der Waals surface area contributed by atoms with Gasteiger partial charge in [-0.1, -0.05) is 0 Å². The Labute approximate surface area is 115 Å². The number of rotatable bonds is 5. The molecule has 0 unspecified atom stereocenters. The molecule has 0 amide bonds. The predicted molar refractivity (Wildman–Crippen MR) is 68.4 cm³/mol. The third-order valence-electron chi connectivity index (χ3n) is 2.57. The summed E-state index contributed by atoms with van der Waals surface area (Å²) in [5.74, 6) is -0.652. The number of aliphatic hydroxyl groups excluding tert-OH is 1. The van der Waals surface area contributed by atoms with Gasteiger partial charge in [0.25, 0.3) is 0 Å². The summed E-state index contributed by atoms with van der Waals surface area (Å²) in [6.07, 6.45) is 1.48. The maximum absolute atomic E-state index is 13.2. The van der Waals surface area contributed by atoms with Crippen LogP contribution in [0.25, 0.3) is 0 Å². The Bertz CT molecular complexity index is 692. The van der Waals surface area contributed by atoms with Gasteiger partial charge in [0.2, 0.25) is 10.0 Å². The first-order valence-electron chi connectivity index (χ1n) is 5.68. The van der Waals surface area contributed by atoms with E-state index < -0.39 is 22.4 Å². The van der Waals surface area contributed by atoms with Crippen LogP contribution < -0.4 is 4.72 Å². The second-order valence-corrected chi connectivity index (χ2v) is 5.72. The lowest BCUT2D eigenvalue weighted by Gasteiger charge is -2.07.